The van der Waals surface area contributed by atoms with Crippen LogP contribution in [0.15, 0.2) is 52.7 Å². The molecule has 1 heterocycles. The second kappa shape index (κ2) is 10.3. The van der Waals surface area contributed by atoms with Crippen molar-refractivity contribution in [1.29, 1.82) is 0 Å². The summed E-state index contributed by atoms with van der Waals surface area (Å²) in [4.78, 5) is 17.4. The summed E-state index contributed by atoms with van der Waals surface area (Å²) in [5, 5.41) is 5.60. The summed E-state index contributed by atoms with van der Waals surface area (Å²) in [7, 11) is 0. The molecular weight excluding hydrogens is 486 g/mol. The summed E-state index contributed by atoms with van der Waals surface area (Å²) < 4.78 is 5.25. The van der Waals surface area contributed by atoms with Gasteiger partial charge in [0.25, 0.3) is 0 Å². The number of esters is 1. The zero-order valence-corrected chi connectivity index (χ0v) is 20.0. The number of carbonyl (C=O) groups is 1. The van der Waals surface area contributed by atoms with Crippen LogP contribution in [0.1, 0.15) is 31.0 Å². The number of ether oxygens (including phenoxy) is 1. The fraction of sp³-hybridized carbons (Fsp3) is 0.238. The summed E-state index contributed by atoms with van der Waals surface area (Å²) >= 11 is 26.2. The third-order valence-corrected chi connectivity index (χ3v) is 6.88. The van der Waals surface area contributed by atoms with Gasteiger partial charge in [-0.3, -0.25) is 0 Å². The Bertz CT molecular complexity index is 1040. The zero-order chi connectivity index (χ0) is 21.8. The molecule has 4 nitrogen and oxygen atoms in total. The van der Waals surface area contributed by atoms with Gasteiger partial charge >= 0.3 is 5.97 Å². The summed E-state index contributed by atoms with van der Waals surface area (Å²) in [6, 6.07) is 10.1. The quantitative estimate of drug-likeness (QED) is 0.443. The van der Waals surface area contributed by atoms with E-state index in [4.69, 9.17) is 56.1 Å². The highest BCUT2D eigenvalue weighted by Crippen LogP contribution is 2.39. The average Bonchev–Trinajstić information content (AvgIpc) is 2.70. The normalized spacial score (nSPS) is 16.2. The molecule has 0 spiro atoms. The molecule has 0 radical (unpaired) electrons. The average molecular weight is 504 g/mol. The monoisotopic (exact) mass is 502 g/mol. The molecule has 2 aromatic carbocycles. The van der Waals surface area contributed by atoms with Crippen molar-refractivity contribution in [3.8, 4) is 0 Å². The van der Waals surface area contributed by atoms with Crippen LogP contribution in [0.4, 0.5) is 0 Å². The van der Waals surface area contributed by atoms with Crippen molar-refractivity contribution in [2.24, 2.45) is 4.99 Å². The topological polar surface area (TPSA) is 50.7 Å². The van der Waals surface area contributed by atoms with Crippen LogP contribution < -0.4 is 5.32 Å². The van der Waals surface area contributed by atoms with Gasteiger partial charge in [0, 0.05) is 17.0 Å². The van der Waals surface area contributed by atoms with Gasteiger partial charge in [0.15, 0.2) is 5.17 Å². The second-order valence-electron chi connectivity index (χ2n) is 6.40. The molecule has 1 aliphatic rings. The van der Waals surface area contributed by atoms with Crippen LogP contribution in [0.5, 0.6) is 0 Å². The SMILES string of the molecule is CCOC(=O)C1=C(C)NC(SCc2ccc(Cl)c(Cl)c2)=N[C@@H]1c1cccc(Cl)c1Cl. The first-order chi connectivity index (χ1) is 14.3. The number of benzene rings is 2. The van der Waals surface area contributed by atoms with Crippen molar-refractivity contribution < 1.29 is 9.53 Å². The van der Waals surface area contributed by atoms with Crippen LogP contribution in [0.25, 0.3) is 0 Å². The van der Waals surface area contributed by atoms with Gasteiger partial charge in [-0.1, -0.05) is 76.4 Å². The van der Waals surface area contributed by atoms with E-state index < -0.39 is 12.0 Å². The molecule has 1 N–H and O–H groups in total. The van der Waals surface area contributed by atoms with Crippen LogP contribution >= 0.6 is 58.2 Å². The molecule has 0 aliphatic carbocycles. The molecule has 0 unspecified atom stereocenters. The fourth-order valence-corrected chi connectivity index (χ4v) is 4.55. The molecule has 0 saturated carbocycles. The lowest BCUT2D eigenvalue weighted by molar-refractivity contribution is -0.138. The number of nitrogens with one attached hydrogen (secondary N) is 1. The molecule has 158 valence electrons. The molecule has 1 aliphatic heterocycles. The van der Waals surface area contributed by atoms with Crippen molar-refractivity contribution in [1.82, 2.24) is 5.32 Å². The molecule has 1 atom stereocenters. The van der Waals surface area contributed by atoms with E-state index in [0.717, 1.165) is 5.56 Å². The number of carbonyl (C=O) groups excluding carboxylic acids is 1. The van der Waals surface area contributed by atoms with E-state index in [-0.39, 0.29) is 6.61 Å². The van der Waals surface area contributed by atoms with E-state index in [2.05, 4.69) is 5.32 Å². The number of rotatable bonds is 5. The molecule has 0 fully saturated rings. The lowest BCUT2D eigenvalue weighted by atomic mass is 9.96. The van der Waals surface area contributed by atoms with Crippen molar-refractivity contribution in [3.63, 3.8) is 0 Å². The molecule has 0 aromatic heterocycles. The molecule has 0 saturated heterocycles. The number of hydrogen-bond donors (Lipinski definition) is 1. The number of aliphatic imine (C=N–C) groups is 1. The highest BCUT2D eigenvalue weighted by atomic mass is 35.5. The van der Waals surface area contributed by atoms with Crippen molar-refractivity contribution >= 4 is 69.3 Å². The van der Waals surface area contributed by atoms with Crippen LogP contribution in [-0.4, -0.2) is 17.7 Å². The zero-order valence-electron chi connectivity index (χ0n) is 16.1. The third kappa shape index (κ3) is 5.27. The molecular formula is C21H18Cl4N2O2S. The highest BCUT2D eigenvalue weighted by Gasteiger charge is 2.32. The van der Waals surface area contributed by atoms with Gasteiger partial charge in [-0.15, -0.1) is 0 Å². The summed E-state index contributed by atoms with van der Waals surface area (Å²) in [5.74, 6) is 0.168. The van der Waals surface area contributed by atoms with Crippen LogP contribution in [-0.2, 0) is 15.3 Å². The molecule has 2 aromatic rings. The van der Waals surface area contributed by atoms with E-state index in [9.17, 15) is 4.79 Å². The number of halogens is 4. The lowest BCUT2D eigenvalue weighted by Crippen LogP contribution is -2.30. The molecule has 30 heavy (non-hydrogen) atoms. The molecule has 0 amide bonds. The number of allylic oxidation sites excluding steroid dienone is 1. The van der Waals surface area contributed by atoms with Crippen LogP contribution in [0.2, 0.25) is 20.1 Å². The lowest BCUT2D eigenvalue weighted by Gasteiger charge is -2.26. The van der Waals surface area contributed by atoms with Gasteiger partial charge in [0.1, 0.15) is 6.04 Å². The van der Waals surface area contributed by atoms with E-state index in [1.54, 1.807) is 25.1 Å². The first kappa shape index (κ1) is 23.3. The minimum absolute atomic E-state index is 0.258. The maximum absolute atomic E-state index is 12.6. The largest absolute Gasteiger partial charge is 0.463 e. The maximum Gasteiger partial charge on any atom is 0.338 e. The Labute approximate surface area is 199 Å². The predicted molar refractivity (Wildman–Crippen MR) is 127 cm³/mol. The van der Waals surface area contributed by atoms with E-state index in [1.165, 1.54) is 11.8 Å². The fourth-order valence-electron chi connectivity index (χ4n) is 2.93. The van der Waals surface area contributed by atoms with Crippen LogP contribution in [0.3, 0.4) is 0 Å². The maximum atomic E-state index is 12.6. The highest BCUT2D eigenvalue weighted by molar-refractivity contribution is 8.13. The van der Waals surface area contributed by atoms with E-state index in [1.807, 2.05) is 25.1 Å². The minimum atomic E-state index is -0.632. The van der Waals surface area contributed by atoms with E-state index >= 15 is 0 Å². The first-order valence-corrected chi connectivity index (χ1v) is 11.5. The third-order valence-electron chi connectivity index (χ3n) is 4.35. The Balaban J connectivity index is 1.93. The molecule has 0 bridgehead atoms. The summed E-state index contributed by atoms with van der Waals surface area (Å²) in [5.41, 5.74) is 2.69. The number of amidine groups is 1. The summed E-state index contributed by atoms with van der Waals surface area (Å²) in [6.45, 7) is 3.83. The van der Waals surface area contributed by atoms with Crippen molar-refractivity contribution in [3.05, 3.63) is 78.9 Å². The number of thioether (sulfide) groups is 1. The predicted octanol–water partition coefficient (Wildman–Crippen LogP) is 7.07. The Morgan fingerprint density at radius 3 is 2.60 bits per heavy atom. The standard InChI is InChI=1S/C21H18Cl4N2O2S/c1-3-29-20(28)17-11(2)26-21(30-10-12-7-8-14(22)16(24)9-12)27-19(17)13-5-4-6-15(23)18(13)25/h4-9,19H,3,10H2,1-2H3,(H,26,27)/t19-/m1/s1. The van der Waals surface area contributed by atoms with Gasteiger partial charge in [-0.25, -0.2) is 9.79 Å². The van der Waals surface area contributed by atoms with Crippen molar-refractivity contribution in [2.75, 3.05) is 6.61 Å². The number of hydrogen-bond acceptors (Lipinski definition) is 5. The van der Waals surface area contributed by atoms with E-state index in [0.29, 0.717) is 47.8 Å². The van der Waals surface area contributed by atoms with Gasteiger partial charge in [-0.2, -0.15) is 0 Å². The smallest absolute Gasteiger partial charge is 0.338 e. The first-order valence-electron chi connectivity index (χ1n) is 9.05. The van der Waals surface area contributed by atoms with Gasteiger partial charge in [0.2, 0.25) is 0 Å². The molecule has 9 heteroatoms. The summed E-state index contributed by atoms with van der Waals surface area (Å²) in [6.07, 6.45) is 0. The Hall–Kier alpha value is -1.37. The number of nitrogens with zero attached hydrogens (tertiary/aromatic N) is 1. The van der Waals surface area contributed by atoms with Crippen LogP contribution in [0, 0.1) is 0 Å². The second-order valence-corrected chi connectivity index (χ2v) is 8.96. The minimum Gasteiger partial charge on any atom is -0.463 e. The Morgan fingerprint density at radius 1 is 1.13 bits per heavy atom. The molecule has 3 rings (SSSR count). The van der Waals surface area contributed by atoms with Crippen molar-refractivity contribution in [2.45, 2.75) is 25.6 Å². The van der Waals surface area contributed by atoms with Gasteiger partial charge in [0.05, 0.1) is 32.3 Å². The van der Waals surface area contributed by atoms with Gasteiger partial charge < -0.3 is 10.1 Å². The Morgan fingerprint density at radius 2 is 1.90 bits per heavy atom. The Kier molecular flexibility index (Phi) is 7.99. The van der Waals surface area contributed by atoms with Gasteiger partial charge in [-0.05, 0) is 37.6 Å².